The Hall–Kier alpha value is -1.64. The van der Waals surface area contributed by atoms with Gasteiger partial charge in [0.25, 0.3) is 0 Å². The van der Waals surface area contributed by atoms with E-state index >= 15 is 0 Å². The second kappa shape index (κ2) is 12.9. The van der Waals surface area contributed by atoms with E-state index < -0.39 is 9.84 Å². The van der Waals surface area contributed by atoms with Crippen molar-refractivity contribution in [3.05, 3.63) is 35.9 Å². The Morgan fingerprint density at radius 2 is 1.77 bits per heavy atom. The lowest BCUT2D eigenvalue weighted by Crippen LogP contribution is -2.46. The smallest absolute Gasteiger partial charge is 0.191 e. The molecule has 1 aliphatic heterocycles. The number of aliphatic imine (C=N–C) groups is 1. The zero-order valence-electron chi connectivity index (χ0n) is 18.8. The van der Waals surface area contributed by atoms with Crippen molar-refractivity contribution in [3.8, 4) is 0 Å². The molecule has 7 nitrogen and oxygen atoms in total. The van der Waals surface area contributed by atoms with E-state index in [2.05, 4.69) is 55.8 Å². The van der Waals surface area contributed by atoms with Crippen LogP contribution in [0, 0.1) is 0 Å². The summed E-state index contributed by atoms with van der Waals surface area (Å²) < 4.78 is 22.6. The molecule has 2 rings (SSSR count). The number of nitrogens with one attached hydrogen (secondary N) is 2. The Balaban J connectivity index is 1.54. The Morgan fingerprint density at radius 3 is 2.40 bits per heavy atom. The molecule has 0 radical (unpaired) electrons. The number of sulfone groups is 1. The van der Waals surface area contributed by atoms with E-state index in [-0.39, 0.29) is 11.8 Å². The Kier molecular flexibility index (Phi) is 10.6. The minimum atomic E-state index is -2.92. The van der Waals surface area contributed by atoms with E-state index in [1.807, 2.05) is 6.92 Å². The van der Waals surface area contributed by atoms with Crippen LogP contribution in [0.5, 0.6) is 0 Å². The van der Waals surface area contributed by atoms with Gasteiger partial charge in [-0.15, -0.1) is 0 Å². The molecule has 1 aliphatic rings. The minimum Gasteiger partial charge on any atom is -0.356 e. The summed E-state index contributed by atoms with van der Waals surface area (Å²) in [5, 5.41) is 6.60. The normalized spacial score (nSPS) is 17.6. The van der Waals surface area contributed by atoms with Gasteiger partial charge in [0.05, 0.1) is 5.75 Å². The SMILES string of the molecule is CN=C(NCCCCN1CCN(Cc2ccccc2)CC1)NC(C)CCS(C)(=O)=O. The second-order valence-corrected chi connectivity index (χ2v) is 10.5. The van der Waals surface area contributed by atoms with Gasteiger partial charge in [-0.05, 0) is 38.3 Å². The summed E-state index contributed by atoms with van der Waals surface area (Å²) in [7, 11) is -1.18. The molecular formula is C22H39N5O2S. The average Bonchev–Trinajstić information content (AvgIpc) is 2.72. The molecule has 8 heteroatoms. The van der Waals surface area contributed by atoms with Crippen LogP contribution in [0.2, 0.25) is 0 Å². The first-order valence-corrected chi connectivity index (χ1v) is 13.1. The molecule has 1 aromatic rings. The van der Waals surface area contributed by atoms with Gasteiger partial charge in [0.1, 0.15) is 9.84 Å². The van der Waals surface area contributed by atoms with Crippen LogP contribution in [-0.2, 0) is 16.4 Å². The number of hydrogen-bond donors (Lipinski definition) is 2. The van der Waals surface area contributed by atoms with E-state index in [0.717, 1.165) is 64.6 Å². The summed E-state index contributed by atoms with van der Waals surface area (Å²) in [6, 6.07) is 10.8. The highest BCUT2D eigenvalue weighted by Crippen LogP contribution is 2.09. The molecular weight excluding hydrogens is 398 g/mol. The molecule has 0 aliphatic carbocycles. The Labute approximate surface area is 182 Å². The zero-order valence-corrected chi connectivity index (χ0v) is 19.6. The van der Waals surface area contributed by atoms with Crippen molar-refractivity contribution in [2.45, 2.75) is 38.8 Å². The maximum absolute atomic E-state index is 11.3. The van der Waals surface area contributed by atoms with Crippen molar-refractivity contribution in [2.75, 3.05) is 58.3 Å². The molecule has 0 spiro atoms. The van der Waals surface area contributed by atoms with Gasteiger partial charge in [0.15, 0.2) is 5.96 Å². The number of benzene rings is 1. The van der Waals surface area contributed by atoms with Crippen molar-refractivity contribution in [1.29, 1.82) is 0 Å². The monoisotopic (exact) mass is 437 g/mol. The molecule has 170 valence electrons. The first kappa shape index (κ1) is 24.6. The molecule has 1 saturated heterocycles. The van der Waals surface area contributed by atoms with Gasteiger partial charge in [0.2, 0.25) is 0 Å². The fraction of sp³-hybridized carbons (Fsp3) is 0.682. The van der Waals surface area contributed by atoms with Crippen molar-refractivity contribution in [2.24, 2.45) is 4.99 Å². The highest BCUT2D eigenvalue weighted by atomic mass is 32.2. The number of unbranched alkanes of at least 4 members (excludes halogenated alkanes) is 1. The van der Waals surface area contributed by atoms with Crippen LogP contribution in [0.4, 0.5) is 0 Å². The first-order valence-electron chi connectivity index (χ1n) is 11.0. The number of nitrogens with zero attached hydrogens (tertiary/aromatic N) is 3. The molecule has 1 aromatic carbocycles. The number of guanidine groups is 1. The molecule has 1 fully saturated rings. The summed E-state index contributed by atoms with van der Waals surface area (Å²) in [5.74, 6) is 0.932. The van der Waals surface area contributed by atoms with Gasteiger partial charge in [-0.25, -0.2) is 8.42 Å². The maximum atomic E-state index is 11.3. The largest absolute Gasteiger partial charge is 0.356 e. The van der Waals surface area contributed by atoms with Gasteiger partial charge < -0.3 is 15.5 Å². The lowest BCUT2D eigenvalue weighted by Gasteiger charge is -2.34. The summed E-state index contributed by atoms with van der Waals surface area (Å²) >= 11 is 0. The molecule has 1 atom stereocenters. The second-order valence-electron chi connectivity index (χ2n) is 8.27. The fourth-order valence-electron chi connectivity index (χ4n) is 3.57. The van der Waals surface area contributed by atoms with Crippen molar-refractivity contribution in [1.82, 2.24) is 20.4 Å². The number of piperazine rings is 1. The van der Waals surface area contributed by atoms with Crippen molar-refractivity contribution >= 4 is 15.8 Å². The highest BCUT2D eigenvalue weighted by molar-refractivity contribution is 7.90. The predicted octanol–water partition coefficient (Wildman–Crippen LogP) is 1.57. The molecule has 30 heavy (non-hydrogen) atoms. The van der Waals surface area contributed by atoms with Crippen LogP contribution in [0.15, 0.2) is 35.3 Å². The topological polar surface area (TPSA) is 77.0 Å². The Bertz CT molecular complexity index is 731. The Morgan fingerprint density at radius 1 is 1.10 bits per heavy atom. The lowest BCUT2D eigenvalue weighted by molar-refractivity contribution is 0.126. The lowest BCUT2D eigenvalue weighted by atomic mass is 10.2. The van der Waals surface area contributed by atoms with E-state index in [9.17, 15) is 8.42 Å². The van der Waals surface area contributed by atoms with Gasteiger partial charge in [-0.3, -0.25) is 9.89 Å². The van der Waals surface area contributed by atoms with E-state index in [1.165, 1.54) is 11.8 Å². The predicted molar refractivity (Wildman–Crippen MR) is 126 cm³/mol. The minimum absolute atomic E-state index is 0.0677. The molecule has 2 N–H and O–H groups in total. The molecule has 0 amide bonds. The standard InChI is InChI=1S/C22H39N5O2S/c1-20(11-18-30(3,28)29)25-22(23-2)24-12-7-8-13-26-14-16-27(17-15-26)19-21-9-5-4-6-10-21/h4-6,9-10,20H,7-8,11-19H2,1-3H3,(H2,23,24,25). The van der Waals surface area contributed by atoms with Crippen LogP contribution in [0.3, 0.4) is 0 Å². The summed E-state index contributed by atoms with van der Waals surface area (Å²) in [5.41, 5.74) is 1.39. The van der Waals surface area contributed by atoms with Crippen LogP contribution < -0.4 is 10.6 Å². The molecule has 1 heterocycles. The fourth-order valence-corrected chi connectivity index (χ4v) is 4.35. The number of hydrogen-bond acceptors (Lipinski definition) is 5. The van der Waals surface area contributed by atoms with Crippen LogP contribution in [-0.4, -0.2) is 88.5 Å². The summed E-state index contributed by atoms with van der Waals surface area (Å²) in [6.45, 7) is 9.58. The third kappa shape index (κ3) is 10.4. The third-order valence-electron chi connectivity index (χ3n) is 5.44. The highest BCUT2D eigenvalue weighted by Gasteiger charge is 2.16. The molecule has 0 saturated carbocycles. The van der Waals surface area contributed by atoms with Crippen molar-refractivity contribution in [3.63, 3.8) is 0 Å². The van der Waals surface area contributed by atoms with E-state index in [0.29, 0.717) is 6.42 Å². The average molecular weight is 438 g/mol. The van der Waals surface area contributed by atoms with Crippen molar-refractivity contribution < 1.29 is 8.42 Å². The summed E-state index contributed by atoms with van der Waals surface area (Å²) in [6.07, 6.45) is 4.10. The summed E-state index contributed by atoms with van der Waals surface area (Å²) in [4.78, 5) is 9.32. The van der Waals surface area contributed by atoms with Gasteiger partial charge >= 0.3 is 0 Å². The molecule has 0 aromatic heterocycles. The van der Waals surface area contributed by atoms with E-state index in [1.54, 1.807) is 7.05 Å². The first-order chi connectivity index (χ1) is 14.4. The van der Waals surface area contributed by atoms with Gasteiger partial charge in [-0.2, -0.15) is 0 Å². The van der Waals surface area contributed by atoms with Crippen LogP contribution in [0.25, 0.3) is 0 Å². The molecule has 0 bridgehead atoms. The van der Waals surface area contributed by atoms with Crippen LogP contribution >= 0.6 is 0 Å². The quantitative estimate of drug-likeness (QED) is 0.311. The third-order valence-corrected chi connectivity index (χ3v) is 6.41. The van der Waals surface area contributed by atoms with Gasteiger partial charge in [-0.1, -0.05) is 30.3 Å². The molecule has 1 unspecified atom stereocenters. The number of rotatable bonds is 11. The van der Waals surface area contributed by atoms with Gasteiger partial charge in [0, 0.05) is 58.6 Å². The maximum Gasteiger partial charge on any atom is 0.191 e. The zero-order chi connectivity index (χ0) is 21.8. The van der Waals surface area contributed by atoms with E-state index in [4.69, 9.17) is 0 Å². The van der Waals surface area contributed by atoms with Crippen LogP contribution in [0.1, 0.15) is 31.7 Å².